The van der Waals surface area contributed by atoms with Gasteiger partial charge in [-0.2, -0.15) is 21.9 Å². The van der Waals surface area contributed by atoms with Gasteiger partial charge in [-0.3, -0.25) is 18.7 Å². The van der Waals surface area contributed by atoms with Gasteiger partial charge < -0.3 is 35.2 Å². The lowest BCUT2D eigenvalue weighted by Crippen LogP contribution is -2.48. The Hall–Kier alpha value is -6.59. The maximum Gasteiger partial charge on any atom is 0.320 e. The molecular formula is C47H54F4N12O6S. The first-order chi connectivity index (χ1) is 33.6. The number of benzene rings is 2. The van der Waals surface area contributed by atoms with Crippen molar-refractivity contribution >= 4 is 55.3 Å². The molecule has 10 rings (SSSR count). The monoisotopic (exact) mass is 990 g/mol. The Morgan fingerprint density at radius 1 is 0.629 bits per heavy atom. The molecule has 6 aromatic rings. The predicted molar refractivity (Wildman–Crippen MR) is 255 cm³/mol. The fourth-order valence-corrected chi connectivity index (χ4v) is 9.98. The van der Waals surface area contributed by atoms with Crippen LogP contribution in [0.25, 0.3) is 44.6 Å². The molecule has 4 aliphatic heterocycles. The number of amides is 2. The summed E-state index contributed by atoms with van der Waals surface area (Å²) in [4.78, 5) is 45.2. The Morgan fingerprint density at radius 3 is 1.41 bits per heavy atom. The molecule has 18 nitrogen and oxygen atoms in total. The number of carbonyl (C=O) groups excluding carboxylic acids is 2. The number of alkyl halides is 4. The number of halogens is 4. The smallest absolute Gasteiger partial charge is 0.320 e. The quantitative estimate of drug-likeness (QED) is 0.127. The molecule has 0 unspecified atom stereocenters. The molecule has 2 amide bonds. The zero-order valence-electron chi connectivity index (χ0n) is 38.8. The largest absolute Gasteiger partial charge is 0.473 e. The van der Waals surface area contributed by atoms with E-state index < -0.39 is 29.2 Å². The summed E-state index contributed by atoms with van der Waals surface area (Å²) in [5, 5.41) is 8.89. The first kappa shape index (κ1) is 48.4. The number of pyridine rings is 2. The molecule has 4 saturated heterocycles. The molecule has 70 heavy (non-hydrogen) atoms. The highest BCUT2D eigenvalue weighted by Crippen LogP contribution is 2.36. The van der Waals surface area contributed by atoms with E-state index in [0.717, 1.165) is 70.5 Å². The van der Waals surface area contributed by atoms with Crippen LogP contribution in [0.2, 0.25) is 0 Å². The fraction of sp³-hybridized carbons (Fsp3) is 0.447. The molecule has 4 fully saturated rings. The van der Waals surface area contributed by atoms with E-state index in [1.807, 2.05) is 55.5 Å². The number of ether oxygens (including phenoxy) is 2. The topological polar surface area (TPSA) is 194 Å². The lowest BCUT2D eigenvalue weighted by molar-refractivity contribution is -0.120. The second kappa shape index (κ2) is 20.4. The van der Waals surface area contributed by atoms with Crippen molar-refractivity contribution in [2.45, 2.75) is 52.0 Å². The van der Waals surface area contributed by atoms with Gasteiger partial charge >= 0.3 is 13.1 Å². The number of imidazole rings is 2. The normalized spacial score (nSPS) is 19.9. The summed E-state index contributed by atoms with van der Waals surface area (Å²) in [5.41, 5.74) is 5.75. The van der Waals surface area contributed by atoms with E-state index in [-0.39, 0.29) is 52.5 Å². The Bertz CT molecular complexity index is 2940. The molecule has 4 atom stereocenters. The van der Waals surface area contributed by atoms with Gasteiger partial charge in [-0.25, -0.2) is 28.4 Å². The van der Waals surface area contributed by atoms with Crippen LogP contribution < -0.4 is 35.2 Å². The van der Waals surface area contributed by atoms with E-state index >= 15 is 0 Å². The van der Waals surface area contributed by atoms with Crippen LogP contribution in [0.4, 0.5) is 28.9 Å². The minimum Gasteiger partial charge on any atom is -0.473 e. The third-order valence-electron chi connectivity index (χ3n) is 13.3. The van der Waals surface area contributed by atoms with Gasteiger partial charge in [0.05, 0.1) is 28.7 Å². The number of aromatic nitrogens is 6. The Balaban J connectivity index is 0.000000175. The molecule has 23 heteroatoms. The van der Waals surface area contributed by atoms with Gasteiger partial charge in [0.15, 0.2) is 0 Å². The van der Waals surface area contributed by atoms with Crippen molar-refractivity contribution < 1.29 is 45.0 Å². The summed E-state index contributed by atoms with van der Waals surface area (Å²) in [7, 11) is -3.21. The first-order valence-electron chi connectivity index (χ1n) is 23.1. The van der Waals surface area contributed by atoms with Gasteiger partial charge in [-0.1, -0.05) is 24.3 Å². The highest BCUT2D eigenvalue weighted by Gasteiger charge is 2.32. The summed E-state index contributed by atoms with van der Waals surface area (Å²) < 4.78 is 93.2. The number of anilines is 2. The molecule has 0 radical (unpaired) electrons. The maximum atomic E-state index is 13.7. The van der Waals surface area contributed by atoms with Gasteiger partial charge in [0.1, 0.15) is 35.9 Å². The number of hydrogen-bond donors (Lipinski definition) is 3. The Kier molecular flexibility index (Phi) is 14.1. The van der Waals surface area contributed by atoms with Crippen LogP contribution in [0.3, 0.4) is 0 Å². The van der Waals surface area contributed by atoms with E-state index in [0.29, 0.717) is 74.5 Å². The zero-order chi connectivity index (χ0) is 49.3. The van der Waals surface area contributed by atoms with E-state index in [9.17, 15) is 35.6 Å². The number of hydrogen-bond acceptors (Lipinski definition) is 13. The average molecular weight is 991 g/mol. The van der Waals surface area contributed by atoms with E-state index in [2.05, 4.69) is 45.7 Å². The minimum absolute atomic E-state index is 0.0375. The van der Waals surface area contributed by atoms with Gasteiger partial charge in [0.2, 0.25) is 33.6 Å². The Morgan fingerprint density at radius 2 is 1.04 bits per heavy atom. The average Bonchev–Trinajstić information content (AvgIpc) is 4.19. The molecular weight excluding hydrogens is 937 g/mol. The summed E-state index contributed by atoms with van der Waals surface area (Å²) >= 11 is 0. The minimum atomic E-state index is -3.21. The zero-order valence-corrected chi connectivity index (χ0v) is 39.6. The predicted octanol–water partition coefficient (Wildman–Crippen LogP) is 5.28. The number of nitrogens with zero attached hydrogens (tertiary/aromatic N) is 9. The molecule has 372 valence electrons. The Labute approximate surface area is 401 Å². The fourth-order valence-electron chi connectivity index (χ4n) is 9.16. The van der Waals surface area contributed by atoms with Gasteiger partial charge in [-0.15, -0.1) is 0 Å². The molecule has 2 aromatic carbocycles. The number of carbonyl (C=O) groups is 2. The van der Waals surface area contributed by atoms with Crippen molar-refractivity contribution in [3.05, 3.63) is 73.3 Å². The maximum absolute atomic E-state index is 13.7. The van der Waals surface area contributed by atoms with E-state index in [1.165, 1.54) is 10.6 Å². The first-order valence-corrected chi connectivity index (χ1v) is 25.0. The van der Waals surface area contributed by atoms with E-state index in [4.69, 9.17) is 9.47 Å². The number of sulfonamides is 1. The van der Waals surface area contributed by atoms with E-state index in [1.54, 1.807) is 19.1 Å². The second-order valence-corrected chi connectivity index (χ2v) is 19.9. The summed E-state index contributed by atoms with van der Waals surface area (Å²) in [5.74, 6) is -0.124. The number of nitrogens with one attached hydrogen (secondary N) is 3. The SMILES string of the molecule is C[C@@H](Oc1nc(-c2ccc(N3CCN(S(C)(=O)=O)CC3)cc2)cc2ncn(C(F)F)c12)[C@H]1CNC(=O)C1.C[C@@H](Oc1nc(-c2ccc(N3CCNCC3)cc2)cc2ncn(C(F)F)c12)[C@H]1CNC(=O)C1. The van der Waals surface area contributed by atoms with Crippen LogP contribution in [0.15, 0.2) is 73.3 Å². The number of piperazine rings is 2. The van der Waals surface area contributed by atoms with Crippen molar-refractivity contribution in [3.63, 3.8) is 0 Å². The van der Waals surface area contributed by atoms with Crippen LogP contribution in [0.5, 0.6) is 11.8 Å². The summed E-state index contributed by atoms with van der Waals surface area (Å²) in [6.45, 7) is 4.80. The highest BCUT2D eigenvalue weighted by atomic mass is 32.2. The third-order valence-corrected chi connectivity index (χ3v) is 14.6. The lowest BCUT2D eigenvalue weighted by atomic mass is 10.0. The molecule has 4 aromatic heterocycles. The molecule has 4 aliphatic rings. The molecule has 0 saturated carbocycles. The van der Waals surface area contributed by atoms with Crippen molar-refractivity contribution in [3.8, 4) is 34.3 Å². The van der Waals surface area contributed by atoms with Gasteiger partial charge in [-0.05, 0) is 50.2 Å². The van der Waals surface area contributed by atoms with Crippen LogP contribution in [0, 0.1) is 11.8 Å². The molecule has 0 aliphatic carbocycles. The molecule has 3 N–H and O–H groups in total. The van der Waals surface area contributed by atoms with Crippen LogP contribution in [-0.4, -0.2) is 138 Å². The standard InChI is InChI=1S/C24H28F2N6O4S.C23H26F2N6O2/c1-15(17-11-21(33)27-13-17)36-23-22-20(28-14-32(22)24(25)26)12-19(29-23)16-3-5-18(6-4-16)30-7-9-31(10-8-30)37(2,34)35;1-14(16-10-20(32)27-12-16)33-22-21-19(28-13-31(21)23(24)25)11-18(29-22)15-2-4-17(5-3-15)30-8-6-26-7-9-30/h3-6,12,14-15,17,24H,7-11,13H2,1-2H3,(H,27,33);2-5,11,13-14,16,23,26H,6-10,12H2,1H3,(H,27,32)/t15-,17-;14-,16-/m11/s1. The summed E-state index contributed by atoms with van der Waals surface area (Å²) in [6, 6.07) is 19.0. The highest BCUT2D eigenvalue weighted by molar-refractivity contribution is 7.88. The number of fused-ring (bicyclic) bond motifs is 2. The second-order valence-electron chi connectivity index (χ2n) is 17.9. The van der Waals surface area contributed by atoms with Crippen LogP contribution in [-0.2, 0) is 19.6 Å². The third kappa shape index (κ3) is 10.6. The van der Waals surface area contributed by atoms with Crippen molar-refractivity contribution in [1.82, 2.24) is 49.3 Å². The number of rotatable bonds is 13. The lowest BCUT2D eigenvalue weighted by Gasteiger charge is -2.34. The van der Waals surface area contributed by atoms with Crippen LogP contribution >= 0.6 is 0 Å². The molecule has 8 heterocycles. The van der Waals surface area contributed by atoms with Crippen LogP contribution in [0.1, 0.15) is 39.8 Å². The van der Waals surface area contributed by atoms with Crippen molar-refractivity contribution in [2.24, 2.45) is 11.8 Å². The van der Waals surface area contributed by atoms with Crippen molar-refractivity contribution in [2.75, 3.05) is 81.5 Å². The van der Waals surface area contributed by atoms with Gasteiger partial charge in [0, 0.05) is 113 Å². The van der Waals surface area contributed by atoms with Crippen molar-refractivity contribution in [1.29, 1.82) is 0 Å². The van der Waals surface area contributed by atoms with Gasteiger partial charge in [0.25, 0.3) is 0 Å². The molecule has 0 spiro atoms. The molecule has 0 bridgehead atoms. The summed E-state index contributed by atoms with van der Waals surface area (Å²) in [6.07, 6.45) is 3.22.